The second-order valence-corrected chi connectivity index (χ2v) is 8.50. The van der Waals surface area contributed by atoms with E-state index < -0.39 is 3.79 Å². The molecule has 74 valence electrons. The first-order chi connectivity index (χ1) is 5.56. The summed E-state index contributed by atoms with van der Waals surface area (Å²) in [4.78, 5) is 0. The molecule has 12 heavy (non-hydrogen) atoms. The summed E-state index contributed by atoms with van der Waals surface area (Å²) >= 11 is 17.7. The van der Waals surface area contributed by atoms with Gasteiger partial charge in [0.25, 0.3) is 0 Å². The molecule has 0 heterocycles. The van der Waals surface area contributed by atoms with Crippen molar-refractivity contribution in [3.05, 3.63) is 0 Å². The Morgan fingerprint density at radius 1 is 0.833 bits per heavy atom. The van der Waals surface area contributed by atoms with Crippen LogP contribution in [-0.2, 0) is 0 Å². The van der Waals surface area contributed by atoms with Crippen molar-refractivity contribution in [1.82, 2.24) is 0 Å². The Balaban J connectivity index is 3.01. The van der Waals surface area contributed by atoms with Crippen LogP contribution < -0.4 is 0 Å². The van der Waals surface area contributed by atoms with Crippen LogP contribution in [0.15, 0.2) is 0 Å². The van der Waals surface area contributed by atoms with E-state index >= 15 is 0 Å². The van der Waals surface area contributed by atoms with Crippen LogP contribution in [0.4, 0.5) is 0 Å². The molecular weight excluding hydrogens is 321 g/mol. The van der Waals surface area contributed by atoms with Gasteiger partial charge in [-0.05, 0) is 0 Å². The molecule has 0 aromatic heterocycles. The van der Waals surface area contributed by atoms with E-state index in [2.05, 4.69) is 0 Å². The van der Waals surface area contributed by atoms with Crippen LogP contribution in [0.2, 0.25) is 4.44 Å². The standard InChI is InChI=1S/C8H14Cl3.Sn.3H/c1-2-3-4-5-6-7-8(9,10)11;;;;/h1-7H2;;;;. The van der Waals surface area contributed by atoms with Crippen molar-refractivity contribution in [3.63, 3.8) is 0 Å². The normalized spacial score (nSPS) is 12.2. The SMILES string of the molecule is ClC(Cl)(Cl)CCCCCC[CH2][SnH3]. The molecule has 0 radical (unpaired) electrons. The van der Waals surface area contributed by atoms with Crippen molar-refractivity contribution in [1.29, 1.82) is 0 Å². The van der Waals surface area contributed by atoms with E-state index in [0.717, 1.165) is 28.9 Å². The van der Waals surface area contributed by atoms with Crippen LogP contribution in [-0.4, -0.2) is 26.3 Å². The third-order valence-corrected chi connectivity index (χ3v) is 4.40. The Morgan fingerprint density at radius 2 is 1.33 bits per heavy atom. The number of hydrogen-bond donors (Lipinski definition) is 0. The van der Waals surface area contributed by atoms with Gasteiger partial charge in [0.05, 0.1) is 0 Å². The molecule has 0 aliphatic rings. The summed E-state index contributed by atoms with van der Waals surface area (Å²) in [5, 5.41) is 0. The van der Waals surface area contributed by atoms with E-state index in [4.69, 9.17) is 34.8 Å². The predicted octanol–water partition coefficient (Wildman–Crippen LogP) is 3.48. The van der Waals surface area contributed by atoms with Crippen molar-refractivity contribution in [2.24, 2.45) is 0 Å². The molecule has 0 nitrogen and oxygen atoms in total. The molecule has 0 aromatic rings. The third-order valence-electron chi connectivity index (χ3n) is 1.81. The fourth-order valence-electron chi connectivity index (χ4n) is 1.11. The van der Waals surface area contributed by atoms with Gasteiger partial charge >= 0.3 is 104 Å². The zero-order chi connectivity index (χ0) is 9.45. The zero-order valence-electron chi connectivity index (χ0n) is 7.58. The fourth-order valence-corrected chi connectivity index (χ4v) is 2.93. The quantitative estimate of drug-likeness (QED) is 0.395. The van der Waals surface area contributed by atoms with Crippen LogP contribution >= 0.6 is 34.8 Å². The van der Waals surface area contributed by atoms with E-state index in [0.29, 0.717) is 6.42 Å². The van der Waals surface area contributed by atoms with Crippen molar-refractivity contribution >= 4 is 57.3 Å². The van der Waals surface area contributed by atoms with Crippen LogP contribution in [0, 0.1) is 0 Å². The average molecular weight is 338 g/mol. The molecule has 0 unspecified atom stereocenters. The molecule has 0 bridgehead atoms. The van der Waals surface area contributed by atoms with E-state index in [1.165, 1.54) is 30.1 Å². The number of unbranched alkanes of at least 4 members (excludes halogenated alkanes) is 4. The van der Waals surface area contributed by atoms with Crippen LogP contribution in [0.1, 0.15) is 38.5 Å². The van der Waals surface area contributed by atoms with E-state index in [1.54, 1.807) is 0 Å². The number of rotatable bonds is 6. The summed E-state index contributed by atoms with van der Waals surface area (Å²) < 4.78 is 0.466. The van der Waals surface area contributed by atoms with Crippen molar-refractivity contribution < 1.29 is 0 Å². The Bertz CT molecular complexity index is 101. The monoisotopic (exact) mass is 338 g/mol. The Kier molecular flexibility index (Phi) is 9.13. The van der Waals surface area contributed by atoms with Gasteiger partial charge in [0.1, 0.15) is 0 Å². The molecule has 0 aliphatic heterocycles. The molecule has 0 aromatic carbocycles. The van der Waals surface area contributed by atoms with Gasteiger partial charge in [0, 0.05) is 0 Å². The molecule has 0 N–H and O–H groups in total. The predicted molar refractivity (Wildman–Crippen MR) is 62.7 cm³/mol. The minimum atomic E-state index is -1.03. The Morgan fingerprint density at radius 3 is 1.83 bits per heavy atom. The van der Waals surface area contributed by atoms with E-state index in [1.807, 2.05) is 0 Å². The summed E-state index contributed by atoms with van der Waals surface area (Å²) in [6, 6.07) is 0. The summed E-state index contributed by atoms with van der Waals surface area (Å²) in [6.45, 7) is 0. The molecule has 0 saturated carbocycles. The van der Waals surface area contributed by atoms with Gasteiger partial charge in [-0.1, -0.05) is 0 Å². The molecule has 0 atom stereocenters. The molecule has 0 spiro atoms. The molecule has 0 rings (SSSR count). The van der Waals surface area contributed by atoms with Gasteiger partial charge in [0.15, 0.2) is 0 Å². The number of halogens is 3. The summed E-state index contributed by atoms with van der Waals surface area (Å²) in [5.74, 6) is 0. The van der Waals surface area contributed by atoms with Crippen molar-refractivity contribution in [3.8, 4) is 0 Å². The topological polar surface area (TPSA) is 0 Å². The van der Waals surface area contributed by atoms with Crippen molar-refractivity contribution in [2.45, 2.75) is 46.8 Å². The third kappa shape index (κ3) is 11.7. The molecule has 0 fully saturated rings. The van der Waals surface area contributed by atoms with Gasteiger partial charge in [-0.25, -0.2) is 0 Å². The maximum atomic E-state index is 5.61. The first-order valence-electron chi connectivity index (χ1n) is 4.63. The van der Waals surface area contributed by atoms with Gasteiger partial charge in [-0.3, -0.25) is 0 Å². The maximum absolute atomic E-state index is 5.61. The van der Waals surface area contributed by atoms with Crippen molar-refractivity contribution in [2.75, 3.05) is 0 Å². The van der Waals surface area contributed by atoms with Gasteiger partial charge < -0.3 is 0 Å². The Hall–Kier alpha value is 1.67. The minimum absolute atomic E-state index is 0.697. The summed E-state index contributed by atoms with van der Waals surface area (Å²) in [5.41, 5.74) is 0. The van der Waals surface area contributed by atoms with E-state index in [-0.39, 0.29) is 0 Å². The fraction of sp³-hybridized carbons (Fsp3) is 1.00. The number of alkyl halides is 3. The number of hydrogen-bond acceptors (Lipinski definition) is 0. The van der Waals surface area contributed by atoms with Gasteiger partial charge in [0.2, 0.25) is 0 Å². The molecule has 4 heteroatoms. The molecular formula is C8H17Cl3Sn. The average Bonchev–Trinajstić information content (AvgIpc) is 1.94. The summed E-state index contributed by atoms with van der Waals surface area (Å²) in [7, 11) is 0. The summed E-state index contributed by atoms with van der Waals surface area (Å²) in [6.07, 6.45) is 7.05. The first-order valence-corrected chi connectivity index (χ1v) is 9.80. The van der Waals surface area contributed by atoms with E-state index in [9.17, 15) is 0 Å². The van der Waals surface area contributed by atoms with Crippen LogP contribution in [0.25, 0.3) is 0 Å². The Labute approximate surface area is 103 Å². The molecule has 0 amide bonds. The first kappa shape index (κ1) is 13.7. The van der Waals surface area contributed by atoms with Crippen LogP contribution in [0.3, 0.4) is 0 Å². The van der Waals surface area contributed by atoms with Gasteiger partial charge in [-0.2, -0.15) is 0 Å². The van der Waals surface area contributed by atoms with Gasteiger partial charge in [-0.15, -0.1) is 0 Å². The van der Waals surface area contributed by atoms with Crippen LogP contribution in [0.5, 0.6) is 0 Å². The second-order valence-electron chi connectivity index (χ2n) is 3.13. The second kappa shape index (κ2) is 8.02. The molecule has 0 saturated heterocycles. The molecule has 0 aliphatic carbocycles. The zero-order valence-corrected chi connectivity index (χ0v) is 15.6.